The van der Waals surface area contributed by atoms with Crippen LogP contribution in [0.5, 0.6) is 11.5 Å². The third-order valence-corrected chi connectivity index (χ3v) is 6.63. The minimum absolute atomic E-state index is 0.0230. The summed E-state index contributed by atoms with van der Waals surface area (Å²) < 4.78 is 31.0. The highest BCUT2D eigenvalue weighted by Gasteiger charge is 2.27. The number of benzene rings is 1. The molecule has 0 aliphatic carbocycles. The first-order valence-corrected chi connectivity index (χ1v) is 12.1. The predicted octanol–water partition coefficient (Wildman–Crippen LogP) is 6.50. The van der Waals surface area contributed by atoms with Gasteiger partial charge in [0.2, 0.25) is 0 Å². The normalized spacial score (nSPS) is 12.9. The Kier molecular flexibility index (Phi) is 11.5. The molecule has 0 radical (unpaired) electrons. The highest BCUT2D eigenvalue weighted by Crippen LogP contribution is 2.26. The second-order valence-electron chi connectivity index (χ2n) is 7.61. The van der Waals surface area contributed by atoms with Crippen LogP contribution >= 0.6 is 0 Å². The zero-order valence-corrected chi connectivity index (χ0v) is 18.2. The van der Waals surface area contributed by atoms with Gasteiger partial charge in [0.1, 0.15) is 11.5 Å². The van der Waals surface area contributed by atoms with Crippen molar-refractivity contribution in [3.8, 4) is 11.5 Å². The Balaban J connectivity index is 2.63. The van der Waals surface area contributed by atoms with E-state index in [1.165, 1.54) is 38.2 Å². The molecule has 1 N–H and O–H groups in total. The highest BCUT2D eigenvalue weighted by atomic mass is 32.2. The standard InChI is InChI=1S/C22H38O4S/c1-4-6-8-9-10-11-13-15-22(14-12-7-5-2)27(24,25)26-21-17-19(3)16-20(23)18-21/h16-18,22-23H,4-15H2,1-3H3. The van der Waals surface area contributed by atoms with E-state index in [1.54, 1.807) is 19.1 Å². The van der Waals surface area contributed by atoms with E-state index in [-0.39, 0.29) is 11.5 Å². The van der Waals surface area contributed by atoms with Crippen LogP contribution in [-0.2, 0) is 10.1 Å². The van der Waals surface area contributed by atoms with E-state index < -0.39 is 15.4 Å². The van der Waals surface area contributed by atoms with Crippen LogP contribution in [0.1, 0.15) is 96.5 Å². The topological polar surface area (TPSA) is 63.6 Å². The Bertz CT molecular complexity index is 605. The third kappa shape index (κ3) is 10.0. The lowest BCUT2D eigenvalue weighted by molar-refractivity contribution is 0.442. The van der Waals surface area contributed by atoms with Crippen molar-refractivity contribution in [3.63, 3.8) is 0 Å². The molecule has 0 aliphatic rings. The second kappa shape index (κ2) is 13.0. The Hall–Kier alpha value is -1.23. The van der Waals surface area contributed by atoms with Gasteiger partial charge in [-0.3, -0.25) is 0 Å². The van der Waals surface area contributed by atoms with Gasteiger partial charge in [0.05, 0.1) is 5.25 Å². The van der Waals surface area contributed by atoms with E-state index >= 15 is 0 Å². The molecule has 0 aliphatic heterocycles. The zero-order chi connectivity index (χ0) is 20.1. The molecule has 4 nitrogen and oxygen atoms in total. The fourth-order valence-corrected chi connectivity index (χ4v) is 4.77. The van der Waals surface area contributed by atoms with Gasteiger partial charge in [0, 0.05) is 6.07 Å². The summed E-state index contributed by atoms with van der Waals surface area (Å²) in [7, 11) is -3.70. The summed E-state index contributed by atoms with van der Waals surface area (Å²) in [6.07, 6.45) is 12.5. The van der Waals surface area contributed by atoms with Crippen molar-refractivity contribution >= 4 is 10.1 Å². The lowest BCUT2D eigenvalue weighted by Crippen LogP contribution is -2.26. The fourth-order valence-electron chi connectivity index (χ4n) is 3.36. The largest absolute Gasteiger partial charge is 0.508 e. The molecule has 0 fully saturated rings. The van der Waals surface area contributed by atoms with Crippen LogP contribution < -0.4 is 4.18 Å². The van der Waals surface area contributed by atoms with E-state index in [0.29, 0.717) is 12.8 Å². The van der Waals surface area contributed by atoms with Gasteiger partial charge in [-0.1, -0.05) is 78.1 Å². The fraction of sp³-hybridized carbons (Fsp3) is 0.727. The Morgan fingerprint density at radius 3 is 1.96 bits per heavy atom. The first kappa shape index (κ1) is 23.8. The number of aryl methyl sites for hydroxylation is 1. The van der Waals surface area contributed by atoms with Crippen molar-refractivity contribution in [1.29, 1.82) is 0 Å². The van der Waals surface area contributed by atoms with Gasteiger partial charge >= 0.3 is 10.1 Å². The molecule has 0 saturated carbocycles. The third-order valence-electron chi connectivity index (χ3n) is 4.92. The molecular formula is C22H38O4S. The summed E-state index contributed by atoms with van der Waals surface area (Å²) in [4.78, 5) is 0. The summed E-state index contributed by atoms with van der Waals surface area (Å²) >= 11 is 0. The molecule has 1 unspecified atom stereocenters. The number of rotatable bonds is 15. The maximum absolute atomic E-state index is 12.8. The number of hydrogen-bond acceptors (Lipinski definition) is 4. The van der Waals surface area contributed by atoms with Gasteiger partial charge in [-0.05, 0) is 37.5 Å². The van der Waals surface area contributed by atoms with Gasteiger partial charge < -0.3 is 9.29 Å². The predicted molar refractivity (Wildman–Crippen MR) is 113 cm³/mol. The van der Waals surface area contributed by atoms with Crippen LogP contribution in [-0.4, -0.2) is 18.8 Å². The lowest BCUT2D eigenvalue weighted by Gasteiger charge is -2.18. The molecule has 0 amide bonds. The average molecular weight is 399 g/mol. The second-order valence-corrected chi connectivity index (χ2v) is 9.43. The summed E-state index contributed by atoms with van der Waals surface area (Å²) in [6.45, 7) is 6.13. The van der Waals surface area contributed by atoms with Gasteiger partial charge in [-0.2, -0.15) is 8.42 Å². The van der Waals surface area contributed by atoms with E-state index in [2.05, 4.69) is 13.8 Å². The molecule has 0 bridgehead atoms. The minimum atomic E-state index is -3.70. The van der Waals surface area contributed by atoms with E-state index in [0.717, 1.165) is 37.7 Å². The molecule has 1 rings (SSSR count). The van der Waals surface area contributed by atoms with Crippen molar-refractivity contribution in [2.24, 2.45) is 0 Å². The number of phenols is 1. The van der Waals surface area contributed by atoms with Gasteiger partial charge in [-0.15, -0.1) is 0 Å². The van der Waals surface area contributed by atoms with Crippen LogP contribution in [0.15, 0.2) is 18.2 Å². The Labute approximate surface area is 166 Å². The number of phenolic OH excluding ortho intramolecular Hbond substituents is 1. The smallest absolute Gasteiger partial charge is 0.312 e. The zero-order valence-electron chi connectivity index (χ0n) is 17.4. The van der Waals surface area contributed by atoms with Crippen LogP contribution in [0.4, 0.5) is 0 Å². The summed E-state index contributed by atoms with van der Waals surface area (Å²) in [5.74, 6) is 0.224. The quantitative estimate of drug-likeness (QED) is 0.270. The van der Waals surface area contributed by atoms with Gasteiger partial charge in [-0.25, -0.2) is 0 Å². The maximum Gasteiger partial charge on any atom is 0.312 e. The van der Waals surface area contributed by atoms with E-state index in [1.807, 2.05) is 0 Å². The minimum Gasteiger partial charge on any atom is -0.508 e. The van der Waals surface area contributed by atoms with Crippen molar-refractivity contribution in [2.75, 3.05) is 0 Å². The number of hydrogen-bond donors (Lipinski definition) is 1. The Morgan fingerprint density at radius 2 is 1.37 bits per heavy atom. The molecule has 1 atom stereocenters. The van der Waals surface area contributed by atoms with Crippen molar-refractivity contribution in [2.45, 2.75) is 103 Å². The molecule has 1 aromatic carbocycles. The van der Waals surface area contributed by atoms with Crippen molar-refractivity contribution in [3.05, 3.63) is 23.8 Å². The molecule has 27 heavy (non-hydrogen) atoms. The SMILES string of the molecule is CCCCCCCCCC(CCCCC)S(=O)(=O)Oc1cc(C)cc(O)c1. The van der Waals surface area contributed by atoms with Crippen LogP contribution in [0.2, 0.25) is 0 Å². The first-order chi connectivity index (χ1) is 12.9. The molecule has 1 aromatic rings. The highest BCUT2D eigenvalue weighted by molar-refractivity contribution is 7.87. The van der Waals surface area contributed by atoms with E-state index in [4.69, 9.17) is 4.18 Å². The Morgan fingerprint density at radius 1 is 0.852 bits per heavy atom. The molecule has 156 valence electrons. The molecule has 0 spiro atoms. The molecule has 0 heterocycles. The van der Waals surface area contributed by atoms with Crippen LogP contribution in [0.3, 0.4) is 0 Å². The monoisotopic (exact) mass is 398 g/mol. The lowest BCUT2D eigenvalue weighted by atomic mass is 10.0. The van der Waals surface area contributed by atoms with Gasteiger partial charge in [0.25, 0.3) is 0 Å². The van der Waals surface area contributed by atoms with Crippen molar-refractivity contribution in [1.82, 2.24) is 0 Å². The molecule has 0 aromatic heterocycles. The number of aromatic hydroxyl groups is 1. The van der Waals surface area contributed by atoms with Crippen molar-refractivity contribution < 1.29 is 17.7 Å². The first-order valence-electron chi connectivity index (χ1n) is 10.6. The summed E-state index contributed by atoms with van der Waals surface area (Å²) in [5, 5.41) is 9.22. The average Bonchev–Trinajstić information content (AvgIpc) is 2.58. The molecule has 0 saturated heterocycles. The summed E-state index contributed by atoms with van der Waals surface area (Å²) in [6, 6.07) is 4.59. The molecular weight excluding hydrogens is 360 g/mol. The maximum atomic E-state index is 12.8. The van der Waals surface area contributed by atoms with Crippen LogP contribution in [0.25, 0.3) is 0 Å². The van der Waals surface area contributed by atoms with E-state index in [9.17, 15) is 13.5 Å². The molecule has 5 heteroatoms. The van der Waals surface area contributed by atoms with Crippen LogP contribution in [0, 0.1) is 6.92 Å². The van der Waals surface area contributed by atoms with Gasteiger partial charge in [0.15, 0.2) is 0 Å². The summed E-state index contributed by atoms with van der Waals surface area (Å²) in [5.41, 5.74) is 0.773. The number of unbranched alkanes of at least 4 members (excludes halogenated alkanes) is 8.